The van der Waals surface area contributed by atoms with Crippen LogP contribution in [0.1, 0.15) is 24.5 Å². The first-order valence-electron chi connectivity index (χ1n) is 10.4. The Balaban J connectivity index is 1.71. The van der Waals surface area contributed by atoms with Crippen LogP contribution >= 0.6 is 11.6 Å². The number of hydrogen-bond donors (Lipinski definition) is 1. The summed E-state index contributed by atoms with van der Waals surface area (Å²) < 4.78 is 7.06. The van der Waals surface area contributed by atoms with Gasteiger partial charge in [-0.1, -0.05) is 36.7 Å². The molecule has 2 aromatic carbocycles. The molecule has 3 rings (SSSR count). The first kappa shape index (κ1) is 23.3. The molecule has 3 aromatic rings. The van der Waals surface area contributed by atoms with Gasteiger partial charge in [0.1, 0.15) is 0 Å². The number of halogens is 1. The van der Waals surface area contributed by atoms with Gasteiger partial charge in [-0.15, -0.1) is 5.10 Å². The minimum atomic E-state index is -0.741. The smallest absolute Gasteiger partial charge is 0.271 e. The van der Waals surface area contributed by atoms with E-state index in [-0.39, 0.29) is 17.3 Å². The molecule has 1 aromatic heterocycles. The van der Waals surface area contributed by atoms with E-state index >= 15 is 0 Å². The number of carbonyl (C=O) groups is 1. The number of nitrogens with one attached hydrogen (secondary N) is 1. The molecular weight excluding hydrogens is 428 g/mol. The second kappa shape index (κ2) is 10.3. The van der Waals surface area contributed by atoms with E-state index in [0.717, 1.165) is 16.8 Å². The lowest BCUT2D eigenvalue weighted by Crippen LogP contribution is -2.38. The molecular formula is C24H27ClN4O3. The van der Waals surface area contributed by atoms with E-state index in [9.17, 15) is 9.59 Å². The molecule has 1 amide bonds. The molecule has 0 saturated carbocycles. The van der Waals surface area contributed by atoms with E-state index in [0.29, 0.717) is 23.7 Å². The summed E-state index contributed by atoms with van der Waals surface area (Å²) in [4.78, 5) is 27.1. The number of amides is 1. The van der Waals surface area contributed by atoms with Crippen molar-refractivity contribution < 1.29 is 9.53 Å². The summed E-state index contributed by atoms with van der Waals surface area (Å²) in [6.45, 7) is 4.11. The lowest BCUT2D eigenvalue weighted by molar-refractivity contribution is -0.128. The maximum Gasteiger partial charge on any atom is 0.271 e. The Morgan fingerprint density at radius 2 is 1.88 bits per heavy atom. The number of nitrogens with zero attached hydrogens (tertiary/aromatic N) is 3. The van der Waals surface area contributed by atoms with Crippen LogP contribution < -0.4 is 20.5 Å². The molecule has 168 valence electrons. The molecule has 0 bridgehead atoms. The molecule has 0 radical (unpaired) electrons. The summed E-state index contributed by atoms with van der Waals surface area (Å²) >= 11 is 6.09. The highest BCUT2D eigenvalue weighted by atomic mass is 35.5. The number of anilines is 1. The van der Waals surface area contributed by atoms with Crippen molar-refractivity contribution in [2.75, 3.05) is 19.0 Å². The van der Waals surface area contributed by atoms with E-state index in [1.54, 1.807) is 12.1 Å². The Morgan fingerprint density at radius 3 is 2.53 bits per heavy atom. The fourth-order valence-electron chi connectivity index (χ4n) is 3.12. The van der Waals surface area contributed by atoms with E-state index in [1.165, 1.54) is 16.8 Å². The van der Waals surface area contributed by atoms with E-state index in [4.69, 9.17) is 16.3 Å². The standard InChI is InChI=1S/C24H27ClN4O3/c1-5-21(24(31)26-15-17-7-10-19(11-8-17)28(3)4)32-22-12-13-23(30)29(27-22)20-14-18(25)9-6-16(20)2/h6-14,21H,5,15H2,1-4H3,(H,26,31)/t21-/m0/s1. The third kappa shape index (κ3) is 5.68. The molecule has 1 N–H and O–H groups in total. The number of hydrogen-bond acceptors (Lipinski definition) is 5. The monoisotopic (exact) mass is 454 g/mol. The SMILES string of the molecule is CC[C@H](Oc1ccc(=O)n(-c2cc(Cl)ccc2C)n1)C(=O)NCc1ccc(N(C)C)cc1. The number of benzene rings is 2. The summed E-state index contributed by atoms with van der Waals surface area (Å²) in [5.41, 5.74) is 3.16. The summed E-state index contributed by atoms with van der Waals surface area (Å²) in [5, 5.41) is 7.70. The zero-order valence-electron chi connectivity index (χ0n) is 18.6. The second-order valence-electron chi connectivity index (χ2n) is 7.65. The van der Waals surface area contributed by atoms with Crippen molar-refractivity contribution in [3.8, 4) is 11.6 Å². The molecule has 0 aliphatic carbocycles. The minimum Gasteiger partial charge on any atom is -0.463 e. The fourth-order valence-corrected chi connectivity index (χ4v) is 3.29. The molecule has 7 nitrogen and oxygen atoms in total. The number of aryl methyl sites for hydroxylation is 1. The number of ether oxygens (including phenoxy) is 1. The third-order valence-electron chi connectivity index (χ3n) is 5.02. The molecule has 0 aliphatic heterocycles. The predicted molar refractivity (Wildman–Crippen MR) is 127 cm³/mol. The highest BCUT2D eigenvalue weighted by Crippen LogP contribution is 2.19. The van der Waals surface area contributed by atoms with Crippen molar-refractivity contribution in [2.24, 2.45) is 0 Å². The van der Waals surface area contributed by atoms with Crippen LogP contribution in [-0.4, -0.2) is 35.9 Å². The lowest BCUT2D eigenvalue weighted by atomic mass is 10.2. The number of aromatic nitrogens is 2. The van der Waals surface area contributed by atoms with Crippen LogP contribution in [0.2, 0.25) is 5.02 Å². The van der Waals surface area contributed by atoms with Crippen LogP contribution in [0.25, 0.3) is 5.69 Å². The van der Waals surface area contributed by atoms with Gasteiger partial charge < -0.3 is 15.0 Å². The Morgan fingerprint density at radius 1 is 1.16 bits per heavy atom. The summed E-state index contributed by atoms with van der Waals surface area (Å²) in [6.07, 6.45) is -0.294. The first-order valence-corrected chi connectivity index (χ1v) is 10.7. The average Bonchev–Trinajstić information content (AvgIpc) is 2.78. The van der Waals surface area contributed by atoms with Gasteiger partial charge in [-0.3, -0.25) is 9.59 Å². The Kier molecular flexibility index (Phi) is 7.53. The normalized spacial score (nSPS) is 11.7. The molecule has 1 atom stereocenters. The summed E-state index contributed by atoms with van der Waals surface area (Å²) in [5.74, 6) is -0.0658. The molecule has 0 spiro atoms. The van der Waals surface area contributed by atoms with Gasteiger partial charge in [0.2, 0.25) is 5.88 Å². The van der Waals surface area contributed by atoms with Gasteiger partial charge >= 0.3 is 0 Å². The van der Waals surface area contributed by atoms with E-state index in [1.807, 2.05) is 63.2 Å². The maximum atomic E-state index is 12.7. The largest absolute Gasteiger partial charge is 0.463 e. The lowest BCUT2D eigenvalue weighted by Gasteiger charge is -2.18. The minimum absolute atomic E-state index is 0.182. The van der Waals surface area contributed by atoms with Gasteiger partial charge in [0.05, 0.1) is 5.69 Å². The average molecular weight is 455 g/mol. The molecule has 0 saturated heterocycles. The predicted octanol–water partition coefficient (Wildman–Crippen LogP) is 3.73. The Hall–Kier alpha value is -3.32. The zero-order chi connectivity index (χ0) is 23.3. The Labute approximate surface area is 192 Å². The van der Waals surface area contributed by atoms with Gasteiger partial charge in [-0.25, -0.2) is 0 Å². The summed E-state index contributed by atoms with van der Waals surface area (Å²) in [7, 11) is 3.95. The molecule has 1 heterocycles. The number of rotatable bonds is 8. The fraction of sp³-hybridized carbons (Fsp3) is 0.292. The van der Waals surface area contributed by atoms with Gasteiger partial charge in [0, 0.05) is 43.5 Å². The van der Waals surface area contributed by atoms with Crippen molar-refractivity contribution >= 4 is 23.2 Å². The third-order valence-corrected chi connectivity index (χ3v) is 5.26. The van der Waals surface area contributed by atoms with Crippen molar-refractivity contribution in [3.05, 3.63) is 81.1 Å². The van der Waals surface area contributed by atoms with E-state index in [2.05, 4.69) is 10.4 Å². The van der Waals surface area contributed by atoms with Crippen molar-refractivity contribution in [2.45, 2.75) is 32.9 Å². The van der Waals surface area contributed by atoms with Gasteiger partial charge in [-0.2, -0.15) is 4.68 Å². The molecule has 0 fully saturated rings. The van der Waals surface area contributed by atoms with Crippen LogP contribution in [0.4, 0.5) is 5.69 Å². The van der Waals surface area contributed by atoms with Crippen molar-refractivity contribution in [1.82, 2.24) is 15.1 Å². The van der Waals surface area contributed by atoms with Gasteiger partial charge in [-0.05, 0) is 48.7 Å². The molecule has 32 heavy (non-hydrogen) atoms. The molecule has 0 unspecified atom stereocenters. The van der Waals surface area contributed by atoms with Crippen LogP contribution in [0.3, 0.4) is 0 Å². The summed E-state index contributed by atoms with van der Waals surface area (Å²) in [6, 6.07) is 16.0. The molecule has 0 aliphatic rings. The molecule has 8 heteroatoms. The van der Waals surface area contributed by atoms with Crippen LogP contribution in [0.5, 0.6) is 5.88 Å². The maximum absolute atomic E-state index is 12.7. The van der Waals surface area contributed by atoms with Crippen molar-refractivity contribution in [1.29, 1.82) is 0 Å². The van der Waals surface area contributed by atoms with Gasteiger partial charge in [0.15, 0.2) is 6.10 Å². The van der Waals surface area contributed by atoms with Crippen LogP contribution in [-0.2, 0) is 11.3 Å². The second-order valence-corrected chi connectivity index (χ2v) is 8.08. The highest BCUT2D eigenvalue weighted by Gasteiger charge is 2.19. The zero-order valence-corrected chi connectivity index (χ0v) is 19.4. The quantitative estimate of drug-likeness (QED) is 0.561. The Bertz CT molecular complexity index is 1140. The first-order chi connectivity index (χ1) is 15.3. The van der Waals surface area contributed by atoms with E-state index < -0.39 is 6.10 Å². The van der Waals surface area contributed by atoms with Gasteiger partial charge in [0.25, 0.3) is 11.5 Å². The van der Waals surface area contributed by atoms with Crippen LogP contribution in [0, 0.1) is 6.92 Å². The highest BCUT2D eigenvalue weighted by molar-refractivity contribution is 6.30. The van der Waals surface area contributed by atoms with Crippen LogP contribution in [0.15, 0.2) is 59.4 Å². The topological polar surface area (TPSA) is 76.5 Å². The number of carbonyl (C=O) groups excluding carboxylic acids is 1. The van der Waals surface area contributed by atoms with Crippen molar-refractivity contribution in [3.63, 3.8) is 0 Å².